The van der Waals surface area contributed by atoms with Gasteiger partial charge in [-0.15, -0.1) is 0 Å². The predicted octanol–water partition coefficient (Wildman–Crippen LogP) is 1.71. The fourth-order valence-electron chi connectivity index (χ4n) is 2.34. The van der Waals surface area contributed by atoms with E-state index in [0.717, 1.165) is 25.9 Å². The number of amides is 1. The third-order valence-corrected chi connectivity index (χ3v) is 3.30. The van der Waals surface area contributed by atoms with Crippen LogP contribution in [0.3, 0.4) is 0 Å². The number of carboxylic acids is 1. The molecule has 2 rings (SSSR count). The molecule has 1 unspecified atom stereocenters. The molecule has 5 nitrogen and oxygen atoms in total. The Hall–Kier alpha value is -1.88. The van der Waals surface area contributed by atoms with E-state index in [2.05, 4.69) is 10.6 Å². The van der Waals surface area contributed by atoms with Crippen molar-refractivity contribution >= 4 is 17.6 Å². The summed E-state index contributed by atoms with van der Waals surface area (Å²) in [6.07, 6.45) is 2.56. The summed E-state index contributed by atoms with van der Waals surface area (Å²) in [5, 5.41) is 15.0. The number of carbonyl (C=O) groups excluding carboxylic acids is 1. The highest BCUT2D eigenvalue weighted by Crippen LogP contribution is 2.18. The van der Waals surface area contributed by atoms with Crippen LogP contribution in [0.2, 0.25) is 0 Å². The van der Waals surface area contributed by atoms with E-state index in [4.69, 9.17) is 5.11 Å². The van der Waals surface area contributed by atoms with Crippen LogP contribution in [0.5, 0.6) is 0 Å². The lowest BCUT2D eigenvalue weighted by Gasteiger charge is -2.22. The van der Waals surface area contributed by atoms with E-state index in [1.165, 1.54) is 6.07 Å². The van der Waals surface area contributed by atoms with E-state index < -0.39 is 5.97 Å². The maximum absolute atomic E-state index is 11.9. The van der Waals surface area contributed by atoms with Gasteiger partial charge in [0.25, 0.3) is 0 Å². The van der Waals surface area contributed by atoms with Gasteiger partial charge < -0.3 is 15.7 Å². The molecule has 1 fully saturated rings. The summed E-state index contributed by atoms with van der Waals surface area (Å²) in [6.45, 7) is 1.87. The number of benzene rings is 1. The number of para-hydroxylation sites is 1. The summed E-state index contributed by atoms with van der Waals surface area (Å²) >= 11 is 0. The predicted molar refractivity (Wildman–Crippen MR) is 72.2 cm³/mol. The largest absolute Gasteiger partial charge is 0.478 e. The van der Waals surface area contributed by atoms with Gasteiger partial charge in [0.1, 0.15) is 0 Å². The summed E-state index contributed by atoms with van der Waals surface area (Å²) in [5.41, 5.74) is 0.487. The maximum atomic E-state index is 11.9. The van der Waals surface area contributed by atoms with Gasteiger partial charge >= 0.3 is 5.97 Å². The minimum absolute atomic E-state index is 0.123. The van der Waals surface area contributed by atoms with Gasteiger partial charge in [-0.3, -0.25) is 4.79 Å². The molecule has 1 amide bonds. The first-order chi connectivity index (χ1) is 9.16. The molecule has 1 saturated heterocycles. The van der Waals surface area contributed by atoms with Crippen molar-refractivity contribution in [1.82, 2.24) is 5.32 Å². The lowest BCUT2D eigenvalue weighted by Crippen LogP contribution is -2.32. The first kappa shape index (κ1) is 13.5. The molecule has 3 N–H and O–H groups in total. The molecule has 0 radical (unpaired) electrons. The first-order valence-corrected chi connectivity index (χ1v) is 6.49. The number of hydrogen-bond donors (Lipinski definition) is 3. The number of carbonyl (C=O) groups is 2. The third kappa shape index (κ3) is 3.79. The van der Waals surface area contributed by atoms with Gasteiger partial charge in [0.05, 0.1) is 11.3 Å². The third-order valence-electron chi connectivity index (χ3n) is 3.30. The molecule has 1 aromatic carbocycles. The molecule has 0 spiro atoms. The average molecular weight is 262 g/mol. The van der Waals surface area contributed by atoms with Crippen LogP contribution in [0.15, 0.2) is 24.3 Å². The molecule has 1 heterocycles. The molecular formula is C14H18N2O3. The Bertz CT molecular complexity index is 468. The molecule has 1 aromatic rings. The highest BCUT2D eigenvalue weighted by Gasteiger charge is 2.18. The lowest BCUT2D eigenvalue weighted by atomic mass is 9.96. The topological polar surface area (TPSA) is 78.4 Å². The Kier molecular flexibility index (Phi) is 4.52. The zero-order chi connectivity index (χ0) is 13.7. The second kappa shape index (κ2) is 6.33. The number of rotatable bonds is 4. The van der Waals surface area contributed by atoms with Gasteiger partial charge in [-0.2, -0.15) is 0 Å². The van der Waals surface area contributed by atoms with E-state index in [9.17, 15) is 9.59 Å². The summed E-state index contributed by atoms with van der Waals surface area (Å²) in [6, 6.07) is 6.45. The van der Waals surface area contributed by atoms with E-state index in [1.54, 1.807) is 18.2 Å². The molecule has 0 bridgehead atoms. The van der Waals surface area contributed by atoms with Crippen molar-refractivity contribution in [2.75, 3.05) is 18.4 Å². The number of nitrogens with one attached hydrogen (secondary N) is 2. The fraction of sp³-hybridized carbons (Fsp3) is 0.429. The van der Waals surface area contributed by atoms with Crippen molar-refractivity contribution in [2.45, 2.75) is 19.3 Å². The fourth-order valence-corrected chi connectivity index (χ4v) is 2.34. The average Bonchev–Trinajstić information content (AvgIpc) is 2.40. The number of anilines is 1. The molecular weight excluding hydrogens is 244 g/mol. The highest BCUT2D eigenvalue weighted by atomic mass is 16.4. The van der Waals surface area contributed by atoms with Gasteiger partial charge in [-0.25, -0.2) is 4.79 Å². The van der Waals surface area contributed by atoms with E-state index in [0.29, 0.717) is 18.0 Å². The van der Waals surface area contributed by atoms with Crippen molar-refractivity contribution < 1.29 is 14.7 Å². The van der Waals surface area contributed by atoms with Gasteiger partial charge in [0.15, 0.2) is 0 Å². The van der Waals surface area contributed by atoms with Gasteiger partial charge in [0, 0.05) is 6.42 Å². The molecule has 102 valence electrons. The van der Waals surface area contributed by atoms with Crippen molar-refractivity contribution in [1.29, 1.82) is 0 Å². The molecule has 0 aliphatic carbocycles. The summed E-state index contributed by atoms with van der Waals surface area (Å²) in [5.74, 6) is -0.816. The zero-order valence-electron chi connectivity index (χ0n) is 10.7. The summed E-state index contributed by atoms with van der Waals surface area (Å²) < 4.78 is 0. The van der Waals surface area contributed by atoms with Crippen molar-refractivity contribution in [3.8, 4) is 0 Å². The summed E-state index contributed by atoms with van der Waals surface area (Å²) in [7, 11) is 0. The van der Waals surface area contributed by atoms with Crippen molar-refractivity contribution in [3.63, 3.8) is 0 Å². The minimum Gasteiger partial charge on any atom is -0.478 e. The Morgan fingerprint density at radius 3 is 2.84 bits per heavy atom. The standard InChI is InChI=1S/C14H18N2O3/c17-13(8-10-4-3-7-15-9-10)16-12-6-2-1-5-11(12)14(18)19/h1-2,5-6,10,15H,3-4,7-9H2,(H,16,17)(H,18,19). The molecule has 5 heteroatoms. The van der Waals surface area contributed by atoms with Crippen LogP contribution in [0, 0.1) is 5.92 Å². The van der Waals surface area contributed by atoms with Gasteiger partial charge in [0.2, 0.25) is 5.91 Å². The van der Waals surface area contributed by atoms with Crippen LogP contribution in [0.1, 0.15) is 29.6 Å². The zero-order valence-corrected chi connectivity index (χ0v) is 10.7. The number of hydrogen-bond acceptors (Lipinski definition) is 3. The van der Waals surface area contributed by atoms with Crippen LogP contribution < -0.4 is 10.6 Å². The Morgan fingerprint density at radius 1 is 1.37 bits per heavy atom. The van der Waals surface area contributed by atoms with Crippen LogP contribution in [-0.2, 0) is 4.79 Å². The number of aromatic carboxylic acids is 1. The van der Waals surface area contributed by atoms with Gasteiger partial charge in [-0.1, -0.05) is 12.1 Å². The van der Waals surface area contributed by atoms with Crippen LogP contribution in [0.25, 0.3) is 0 Å². The smallest absolute Gasteiger partial charge is 0.337 e. The molecule has 0 aromatic heterocycles. The Labute approximate surface area is 112 Å². The van der Waals surface area contributed by atoms with E-state index >= 15 is 0 Å². The number of piperidine rings is 1. The molecule has 0 saturated carbocycles. The van der Waals surface area contributed by atoms with E-state index in [1.807, 2.05) is 0 Å². The highest BCUT2D eigenvalue weighted by molar-refractivity contribution is 6.00. The second-order valence-electron chi connectivity index (χ2n) is 4.82. The summed E-state index contributed by atoms with van der Waals surface area (Å²) in [4.78, 5) is 23.0. The minimum atomic E-state index is -1.03. The molecule has 1 aliphatic rings. The van der Waals surface area contributed by atoms with Crippen LogP contribution in [-0.4, -0.2) is 30.1 Å². The molecule has 1 aliphatic heterocycles. The lowest BCUT2D eigenvalue weighted by molar-refractivity contribution is -0.117. The van der Waals surface area contributed by atoms with E-state index in [-0.39, 0.29) is 11.5 Å². The van der Waals surface area contributed by atoms with Crippen LogP contribution in [0.4, 0.5) is 5.69 Å². The monoisotopic (exact) mass is 262 g/mol. The quantitative estimate of drug-likeness (QED) is 0.772. The second-order valence-corrected chi connectivity index (χ2v) is 4.82. The Morgan fingerprint density at radius 2 is 2.16 bits per heavy atom. The molecule has 19 heavy (non-hydrogen) atoms. The Balaban J connectivity index is 1.96. The SMILES string of the molecule is O=C(CC1CCCNC1)Nc1ccccc1C(=O)O. The molecule has 1 atom stereocenters. The van der Waals surface area contributed by atoms with Crippen LogP contribution >= 0.6 is 0 Å². The maximum Gasteiger partial charge on any atom is 0.337 e. The number of carboxylic acid groups (broad SMARTS) is 1. The normalized spacial score (nSPS) is 18.8. The first-order valence-electron chi connectivity index (χ1n) is 6.49. The van der Waals surface area contributed by atoms with Gasteiger partial charge in [-0.05, 0) is 44.0 Å². The van der Waals surface area contributed by atoms with Crippen molar-refractivity contribution in [2.24, 2.45) is 5.92 Å². The van der Waals surface area contributed by atoms with Crippen molar-refractivity contribution in [3.05, 3.63) is 29.8 Å².